The Morgan fingerprint density at radius 3 is 2.17 bits per heavy atom. The fourth-order valence-corrected chi connectivity index (χ4v) is 4.14. The van der Waals surface area contributed by atoms with Crippen LogP contribution in [0, 0.1) is 17.8 Å². The number of aliphatic hydroxyl groups excluding tert-OH is 2. The van der Waals surface area contributed by atoms with E-state index in [-0.39, 0.29) is 40.7 Å². The van der Waals surface area contributed by atoms with Crippen LogP contribution in [0.3, 0.4) is 0 Å². The Morgan fingerprint density at radius 1 is 1.02 bits per heavy atom. The zero-order valence-corrected chi connectivity index (χ0v) is 25.3. The summed E-state index contributed by atoms with van der Waals surface area (Å²) in [6.45, 7) is 14.6. The number of rotatable bonds is 15. The number of guanidine groups is 1. The summed E-state index contributed by atoms with van der Waals surface area (Å²) in [6, 6.07) is 0. The molecule has 13 nitrogen and oxygen atoms in total. The van der Waals surface area contributed by atoms with E-state index in [1.54, 1.807) is 6.92 Å². The molecular weight excluding hydrogens is 518 g/mol. The van der Waals surface area contributed by atoms with Crippen molar-refractivity contribution in [3.8, 4) is 0 Å². The highest BCUT2D eigenvalue weighted by Crippen LogP contribution is 2.39. The van der Waals surface area contributed by atoms with Crippen molar-refractivity contribution in [2.24, 2.45) is 21.6 Å². The molecule has 0 fully saturated rings. The van der Waals surface area contributed by atoms with Gasteiger partial charge in [0.25, 0.3) is 5.91 Å². The number of carbonyl (C=O) groups is 1. The number of hydrogen-bond donors (Lipinski definition) is 8. The van der Waals surface area contributed by atoms with Gasteiger partial charge < -0.3 is 42.4 Å². The standard InChI is InChI=1S/C24H45N7O4.C3H8O2/c1-16-19(25)30-20(26)18(29-16)21(34)31-22(27)28-11-7-9-23(2,3)15-24(4,5)10-13-35-14-17(33)8-6-12-32;1-3(2,4)5/h17,32-33H,6-15H2,1-5H3,(H4,25,26,30)(H3,27,28,31,34);4-5H,1-2H3. The average Bonchev–Trinajstić information content (AvgIpc) is 2.78. The van der Waals surface area contributed by atoms with Crippen LogP contribution in [0.5, 0.6) is 0 Å². The van der Waals surface area contributed by atoms with Gasteiger partial charge in [0.2, 0.25) is 0 Å². The first-order valence-corrected chi connectivity index (χ1v) is 13.6. The normalized spacial score (nSPS) is 13.4. The van der Waals surface area contributed by atoms with Gasteiger partial charge in [0.15, 0.2) is 23.3 Å². The van der Waals surface area contributed by atoms with Gasteiger partial charge in [-0.15, -0.1) is 0 Å². The van der Waals surface area contributed by atoms with Crippen molar-refractivity contribution in [3.63, 3.8) is 0 Å². The SMILES string of the molecule is CC(C)(O)O.Cc1nc(C(=O)NC(N)=NCCCC(C)(C)CC(C)(C)CCOCC(O)CCCO)c(N)nc1N. The Labute approximate surface area is 238 Å². The molecule has 0 saturated carbocycles. The van der Waals surface area contributed by atoms with Crippen LogP contribution >= 0.6 is 0 Å². The van der Waals surface area contributed by atoms with Gasteiger partial charge in [-0.3, -0.25) is 15.1 Å². The molecule has 232 valence electrons. The van der Waals surface area contributed by atoms with Gasteiger partial charge in [0, 0.05) is 19.8 Å². The van der Waals surface area contributed by atoms with Crippen molar-refractivity contribution in [1.82, 2.24) is 15.3 Å². The first-order valence-electron chi connectivity index (χ1n) is 13.6. The average molecular weight is 572 g/mol. The zero-order valence-electron chi connectivity index (χ0n) is 25.3. The fourth-order valence-electron chi connectivity index (χ4n) is 4.14. The van der Waals surface area contributed by atoms with E-state index < -0.39 is 17.8 Å². The number of anilines is 2. The molecule has 0 spiro atoms. The summed E-state index contributed by atoms with van der Waals surface area (Å²) in [5.74, 6) is -1.97. The molecule has 1 aromatic rings. The summed E-state index contributed by atoms with van der Waals surface area (Å²) in [5.41, 5.74) is 17.8. The van der Waals surface area contributed by atoms with Gasteiger partial charge in [-0.2, -0.15) is 0 Å². The van der Waals surface area contributed by atoms with E-state index in [9.17, 15) is 9.90 Å². The van der Waals surface area contributed by atoms with E-state index in [0.717, 1.165) is 25.7 Å². The smallest absolute Gasteiger partial charge is 0.280 e. The number of aromatic nitrogens is 2. The number of aryl methyl sites for hydroxylation is 1. The lowest BCUT2D eigenvalue weighted by atomic mass is 9.71. The van der Waals surface area contributed by atoms with Crippen molar-refractivity contribution in [2.45, 2.75) is 98.9 Å². The molecule has 40 heavy (non-hydrogen) atoms. The number of ether oxygens (including phenoxy) is 1. The predicted molar refractivity (Wildman–Crippen MR) is 157 cm³/mol. The summed E-state index contributed by atoms with van der Waals surface area (Å²) in [6.07, 6.45) is 4.25. The minimum Gasteiger partial charge on any atom is -0.396 e. The maximum Gasteiger partial charge on any atom is 0.280 e. The molecule has 0 radical (unpaired) electrons. The molecule has 0 bridgehead atoms. The Balaban J connectivity index is 0.00000277. The molecule has 0 aliphatic rings. The monoisotopic (exact) mass is 571 g/mol. The number of carbonyl (C=O) groups excluding carboxylic acids is 1. The Morgan fingerprint density at radius 2 is 1.60 bits per heavy atom. The first-order chi connectivity index (χ1) is 18.3. The van der Waals surface area contributed by atoms with Crippen LogP contribution in [0.1, 0.15) is 96.2 Å². The third-order valence-corrected chi connectivity index (χ3v) is 5.77. The minimum absolute atomic E-state index is 0.00198. The number of nitrogens with one attached hydrogen (secondary N) is 1. The highest BCUT2D eigenvalue weighted by Gasteiger charge is 2.28. The molecule has 0 aliphatic heterocycles. The van der Waals surface area contributed by atoms with Gasteiger partial charge in [0.05, 0.1) is 18.4 Å². The molecular formula is C27H53N7O6. The zero-order chi connectivity index (χ0) is 31.1. The van der Waals surface area contributed by atoms with Crippen LogP contribution in [0.25, 0.3) is 0 Å². The summed E-state index contributed by atoms with van der Waals surface area (Å²) in [7, 11) is 0. The molecule has 1 unspecified atom stereocenters. The van der Waals surface area contributed by atoms with E-state index in [2.05, 4.69) is 48.0 Å². The predicted octanol–water partition coefficient (Wildman–Crippen LogP) is 1.46. The summed E-state index contributed by atoms with van der Waals surface area (Å²) < 4.78 is 5.63. The molecule has 1 amide bonds. The number of amides is 1. The van der Waals surface area contributed by atoms with Crippen LogP contribution in [0.15, 0.2) is 4.99 Å². The summed E-state index contributed by atoms with van der Waals surface area (Å²) in [4.78, 5) is 24.6. The van der Waals surface area contributed by atoms with Gasteiger partial charge in [-0.05, 0) is 70.1 Å². The van der Waals surface area contributed by atoms with Crippen LogP contribution in [-0.2, 0) is 4.74 Å². The highest BCUT2D eigenvalue weighted by molar-refractivity contribution is 6.06. The maximum absolute atomic E-state index is 12.4. The van der Waals surface area contributed by atoms with Gasteiger partial charge >= 0.3 is 0 Å². The first kappa shape index (κ1) is 37.4. The second-order valence-corrected chi connectivity index (χ2v) is 12.1. The lowest BCUT2D eigenvalue weighted by Gasteiger charge is -2.35. The molecule has 0 saturated heterocycles. The molecule has 1 aromatic heterocycles. The number of aliphatic hydroxyl groups is 4. The molecule has 1 atom stereocenters. The van der Waals surface area contributed by atoms with E-state index in [1.807, 2.05) is 0 Å². The third-order valence-electron chi connectivity index (χ3n) is 5.77. The van der Waals surface area contributed by atoms with Crippen molar-refractivity contribution in [3.05, 3.63) is 11.4 Å². The van der Waals surface area contributed by atoms with Crippen LogP contribution in [0.2, 0.25) is 0 Å². The highest BCUT2D eigenvalue weighted by atomic mass is 16.5. The summed E-state index contributed by atoms with van der Waals surface area (Å²) in [5, 5.41) is 37.3. The van der Waals surface area contributed by atoms with Crippen LogP contribution in [-0.4, -0.2) is 80.5 Å². The van der Waals surface area contributed by atoms with Crippen LogP contribution < -0.4 is 22.5 Å². The second kappa shape index (κ2) is 17.3. The van der Waals surface area contributed by atoms with E-state index in [0.29, 0.717) is 38.3 Å². The van der Waals surface area contributed by atoms with Crippen molar-refractivity contribution in [1.29, 1.82) is 0 Å². The van der Waals surface area contributed by atoms with E-state index >= 15 is 0 Å². The number of nitrogens with zero attached hydrogens (tertiary/aromatic N) is 3. The third kappa shape index (κ3) is 18.7. The van der Waals surface area contributed by atoms with Crippen molar-refractivity contribution >= 4 is 23.5 Å². The fraction of sp³-hybridized carbons (Fsp3) is 0.778. The molecule has 1 heterocycles. The Hall–Kier alpha value is -2.58. The number of hydrogen-bond acceptors (Lipinski definition) is 11. The number of nitrogens with two attached hydrogens (primary N) is 3. The number of nitrogen functional groups attached to an aromatic ring is 2. The summed E-state index contributed by atoms with van der Waals surface area (Å²) >= 11 is 0. The maximum atomic E-state index is 12.4. The molecule has 0 aromatic carbocycles. The van der Waals surface area contributed by atoms with Gasteiger partial charge in [-0.1, -0.05) is 27.7 Å². The van der Waals surface area contributed by atoms with Crippen LogP contribution in [0.4, 0.5) is 11.6 Å². The van der Waals surface area contributed by atoms with Gasteiger partial charge in [-0.25, -0.2) is 9.97 Å². The van der Waals surface area contributed by atoms with E-state index in [4.69, 9.17) is 37.3 Å². The quantitative estimate of drug-likeness (QED) is 0.0649. The minimum atomic E-state index is -1.50. The largest absolute Gasteiger partial charge is 0.396 e. The Kier molecular flexibility index (Phi) is 16.2. The lowest BCUT2D eigenvalue weighted by molar-refractivity contribution is -0.127. The van der Waals surface area contributed by atoms with Gasteiger partial charge in [0.1, 0.15) is 5.82 Å². The van der Waals surface area contributed by atoms with Crippen molar-refractivity contribution in [2.75, 3.05) is 37.8 Å². The molecule has 0 aliphatic carbocycles. The lowest BCUT2D eigenvalue weighted by Crippen LogP contribution is -2.38. The second-order valence-electron chi connectivity index (χ2n) is 12.1. The van der Waals surface area contributed by atoms with Crippen molar-refractivity contribution < 1.29 is 30.0 Å². The Bertz CT molecular complexity index is 927. The molecule has 13 heteroatoms. The molecule has 1 rings (SSSR count). The van der Waals surface area contributed by atoms with E-state index in [1.165, 1.54) is 13.8 Å². The topological polar surface area (TPSA) is 235 Å². The number of aliphatic imine (C=N–C) groups is 1. The molecule has 11 N–H and O–H groups in total.